The van der Waals surface area contributed by atoms with Crippen LogP contribution in [0.5, 0.6) is 0 Å². The molecule has 0 radical (unpaired) electrons. The first-order valence-electron chi connectivity index (χ1n) is 6.09. The van der Waals surface area contributed by atoms with Gasteiger partial charge in [-0.05, 0) is 25.0 Å². The van der Waals surface area contributed by atoms with E-state index < -0.39 is 17.5 Å². The molecule has 0 aliphatic carbocycles. The Morgan fingerprint density at radius 3 is 2.81 bits per heavy atom. The summed E-state index contributed by atoms with van der Waals surface area (Å²) in [4.78, 5) is 11.3. The molecule has 0 aromatic carbocycles. The number of unbranched alkanes of at least 4 members (excludes halogenated alkanes) is 1. The van der Waals surface area contributed by atoms with E-state index in [1.165, 1.54) is 0 Å². The van der Waals surface area contributed by atoms with Crippen molar-refractivity contribution in [1.29, 1.82) is 0 Å². The van der Waals surface area contributed by atoms with Crippen molar-refractivity contribution in [3.8, 4) is 0 Å². The number of thioether (sulfide) groups is 1. The Kier molecular flexibility index (Phi) is 5.12. The molecule has 1 aliphatic heterocycles. The lowest BCUT2D eigenvalue weighted by molar-refractivity contribution is -0.153. The second kappa shape index (κ2) is 5.92. The summed E-state index contributed by atoms with van der Waals surface area (Å²) in [5.74, 6) is -0.413. The molecule has 1 fully saturated rings. The third kappa shape index (κ3) is 2.92. The molecule has 4 heteroatoms. The predicted octanol–water partition coefficient (Wildman–Crippen LogP) is 2.52. The quantitative estimate of drug-likeness (QED) is 0.782. The minimum atomic E-state index is -1.01. The molecule has 3 unspecified atom stereocenters. The smallest absolute Gasteiger partial charge is 0.309 e. The van der Waals surface area contributed by atoms with Crippen molar-refractivity contribution in [2.45, 2.75) is 56.8 Å². The molecule has 1 heterocycles. The van der Waals surface area contributed by atoms with Gasteiger partial charge in [0.1, 0.15) is 0 Å². The van der Waals surface area contributed by atoms with Crippen molar-refractivity contribution in [3.63, 3.8) is 0 Å². The molecule has 0 amide bonds. The summed E-state index contributed by atoms with van der Waals surface area (Å²) in [6.07, 6.45) is 3.98. The Labute approximate surface area is 102 Å². The van der Waals surface area contributed by atoms with Crippen LogP contribution in [0.2, 0.25) is 0 Å². The van der Waals surface area contributed by atoms with E-state index in [0.29, 0.717) is 12.8 Å². The Hall–Kier alpha value is -0.220. The Morgan fingerprint density at radius 2 is 2.31 bits per heavy atom. The highest BCUT2D eigenvalue weighted by molar-refractivity contribution is 8.00. The highest BCUT2D eigenvalue weighted by atomic mass is 32.2. The van der Waals surface area contributed by atoms with E-state index in [4.69, 9.17) is 0 Å². The zero-order valence-electron chi connectivity index (χ0n) is 10.1. The van der Waals surface area contributed by atoms with Gasteiger partial charge in [0, 0.05) is 5.25 Å². The lowest BCUT2D eigenvalue weighted by atomic mass is 9.78. The summed E-state index contributed by atoms with van der Waals surface area (Å²) in [6, 6.07) is 0. The molecular formula is C12H22O3S. The number of carbonyl (C=O) groups is 1. The molecule has 1 aliphatic rings. The van der Waals surface area contributed by atoms with E-state index in [1.807, 2.05) is 13.8 Å². The van der Waals surface area contributed by atoms with E-state index in [1.54, 1.807) is 11.8 Å². The van der Waals surface area contributed by atoms with Gasteiger partial charge in [-0.1, -0.05) is 26.7 Å². The van der Waals surface area contributed by atoms with Crippen LogP contribution in [0.1, 0.15) is 46.0 Å². The predicted molar refractivity (Wildman–Crippen MR) is 66.8 cm³/mol. The van der Waals surface area contributed by atoms with Crippen LogP contribution >= 0.6 is 11.8 Å². The highest BCUT2D eigenvalue weighted by Gasteiger charge is 2.46. The van der Waals surface area contributed by atoms with Gasteiger partial charge in [-0.2, -0.15) is 11.8 Å². The van der Waals surface area contributed by atoms with E-state index >= 15 is 0 Å². The maximum absolute atomic E-state index is 11.3. The second-order valence-corrected chi connectivity index (χ2v) is 6.09. The fraction of sp³-hybridized carbons (Fsp3) is 0.917. The summed E-state index contributed by atoms with van der Waals surface area (Å²) in [7, 11) is 0. The van der Waals surface area contributed by atoms with Gasteiger partial charge in [0.05, 0.1) is 11.5 Å². The zero-order chi connectivity index (χ0) is 12.2. The van der Waals surface area contributed by atoms with Crippen LogP contribution in [-0.4, -0.2) is 32.8 Å². The first-order valence-corrected chi connectivity index (χ1v) is 7.14. The molecule has 2 N–H and O–H groups in total. The summed E-state index contributed by atoms with van der Waals surface area (Å²) >= 11 is 1.69. The lowest BCUT2D eigenvalue weighted by Gasteiger charge is -2.41. The molecular weight excluding hydrogens is 224 g/mol. The summed E-state index contributed by atoms with van der Waals surface area (Å²) < 4.78 is 0. The molecule has 0 bridgehead atoms. The minimum Gasteiger partial charge on any atom is -0.481 e. The molecule has 94 valence electrons. The number of carboxylic acid groups (broad SMARTS) is 1. The van der Waals surface area contributed by atoms with Crippen molar-refractivity contribution >= 4 is 17.7 Å². The molecule has 16 heavy (non-hydrogen) atoms. The maximum atomic E-state index is 11.3. The first-order chi connectivity index (χ1) is 7.52. The van der Waals surface area contributed by atoms with Crippen LogP contribution < -0.4 is 0 Å². The third-order valence-corrected chi connectivity index (χ3v) is 4.97. The topological polar surface area (TPSA) is 57.5 Å². The maximum Gasteiger partial charge on any atom is 0.309 e. The van der Waals surface area contributed by atoms with Crippen LogP contribution in [0.15, 0.2) is 0 Å². The van der Waals surface area contributed by atoms with Crippen molar-refractivity contribution < 1.29 is 15.0 Å². The number of aliphatic carboxylic acids is 1. The van der Waals surface area contributed by atoms with Gasteiger partial charge in [0.25, 0.3) is 0 Å². The van der Waals surface area contributed by atoms with Crippen molar-refractivity contribution in [1.82, 2.24) is 0 Å². The van der Waals surface area contributed by atoms with Gasteiger partial charge in [-0.3, -0.25) is 4.79 Å². The molecule has 3 atom stereocenters. The molecule has 1 saturated heterocycles. The van der Waals surface area contributed by atoms with Crippen LogP contribution in [0.4, 0.5) is 0 Å². The fourth-order valence-corrected chi connectivity index (χ4v) is 3.65. The van der Waals surface area contributed by atoms with Crippen molar-refractivity contribution in [3.05, 3.63) is 0 Å². The monoisotopic (exact) mass is 246 g/mol. The summed E-state index contributed by atoms with van der Waals surface area (Å²) in [6.45, 7) is 3.99. The van der Waals surface area contributed by atoms with Gasteiger partial charge >= 0.3 is 5.97 Å². The van der Waals surface area contributed by atoms with Gasteiger partial charge in [0.15, 0.2) is 0 Å². The molecule has 0 aromatic heterocycles. The number of hydrogen-bond acceptors (Lipinski definition) is 3. The van der Waals surface area contributed by atoms with Crippen LogP contribution in [0, 0.1) is 5.92 Å². The van der Waals surface area contributed by atoms with Crippen molar-refractivity contribution in [2.75, 3.05) is 5.75 Å². The Morgan fingerprint density at radius 1 is 1.62 bits per heavy atom. The van der Waals surface area contributed by atoms with Gasteiger partial charge in [-0.25, -0.2) is 0 Å². The number of carboxylic acids is 1. The SMILES string of the molecule is CCCCC(C(=O)O)C1(O)CCCSC1C. The molecule has 0 aromatic rings. The average Bonchev–Trinajstić information content (AvgIpc) is 2.23. The number of aliphatic hydroxyl groups is 1. The highest BCUT2D eigenvalue weighted by Crippen LogP contribution is 2.41. The van der Waals surface area contributed by atoms with Gasteiger partial charge in [0.2, 0.25) is 0 Å². The normalized spacial score (nSPS) is 32.3. The largest absolute Gasteiger partial charge is 0.481 e. The second-order valence-electron chi connectivity index (χ2n) is 4.64. The molecule has 0 spiro atoms. The van der Waals surface area contributed by atoms with Crippen LogP contribution in [-0.2, 0) is 4.79 Å². The molecule has 0 saturated carbocycles. The summed E-state index contributed by atoms with van der Waals surface area (Å²) in [5.41, 5.74) is -1.01. The standard InChI is InChI=1S/C12H22O3S/c1-3-4-6-10(11(13)14)12(15)7-5-8-16-9(12)2/h9-10,15H,3-8H2,1-2H3,(H,13,14). The molecule has 1 rings (SSSR count). The Bertz CT molecular complexity index is 244. The van der Waals surface area contributed by atoms with Crippen molar-refractivity contribution in [2.24, 2.45) is 5.92 Å². The average molecular weight is 246 g/mol. The minimum absolute atomic E-state index is 0.0270. The first kappa shape index (κ1) is 13.8. The number of rotatable bonds is 5. The van der Waals surface area contributed by atoms with E-state index in [2.05, 4.69) is 0 Å². The van der Waals surface area contributed by atoms with E-state index in [-0.39, 0.29) is 5.25 Å². The van der Waals surface area contributed by atoms with Gasteiger partial charge < -0.3 is 10.2 Å². The van der Waals surface area contributed by atoms with Crippen LogP contribution in [0.25, 0.3) is 0 Å². The number of hydrogen-bond donors (Lipinski definition) is 2. The fourth-order valence-electron chi connectivity index (χ4n) is 2.42. The van der Waals surface area contributed by atoms with E-state index in [0.717, 1.165) is 25.0 Å². The Balaban J connectivity index is 2.77. The zero-order valence-corrected chi connectivity index (χ0v) is 10.9. The molecule has 3 nitrogen and oxygen atoms in total. The third-order valence-electron chi connectivity index (χ3n) is 3.54. The summed E-state index contributed by atoms with van der Waals surface area (Å²) in [5, 5.41) is 19.9. The lowest BCUT2D eigenvalue weighted by Crippen LogP contribution is -2.51. The van der Waals surface area contributed by atoms with Gasteiger partial charge in [-0.15, -0.1) is 0 Å². The van der Waals surface area contributed by atoms with E-state index in [9.17, 15) is 15.0 Å². The van der Waals surface area contributed by atoms with Crippen LogP contribution in [0.3, 0.4) is 0 Å².